The number of fused-ring (bicyclic) bond motifs is 1. The molecule has 2 aromatic carbocycles. The number of halogens is 3. The fraction of sp³-hybridized carbons (Fsp3) is 0. The maximum atomic E-state index is 13.7. The average molecular weight is 339 g/mol. The van der Waals surface area contributed by atoms with Crippen LogP contribution < -0.4 is 4.18 Å². The molecular formula is C15H8F3NO3S. The van der Waals surface area contributed by atoms with Gasteiger partial charge in [0.05, 0.1) is 0 Å². The highest BCUT2D eigenvalue weighted by Gasteiger charge is 2.26. The van der Waals surface area contributed by atoms with Gasteiger partial charge in [0.1, 0.15) is 10.4 Å². The number of pyridine rings is 1. The minimum atomic E-state index is -4.70. The Morgan fingerprint density at radius 1 is 0.913 bits per heavy atom. The Morgan fingerprint density at radius 3 is 2.43 bits per heavy atom. The number of hydrogen-bond donors (Lipinski definition) is 0. The first-order chi connectivity index (χ1) is 10.9. The van der Waals surface area contributed by atoms with Crippen LogP contribution in [0.15, 0.2) is 53.6 Å². The first kappa shape index (κ1) is 15.3. The normalized spacial score (nSPS) is 11.6. The minimum Gasteiger partial charge on any atom is -0.377 e. The van der Waals surface area contributed by atoms with Gasteiger partial charge in [-0.05, 0) is 24.3 Å². The topological polar surface area (TPSA) is 56.3 Å². The summed E-state index contributed by atoms with van der Waals surface area (Å²) in [5.74, 6) is -5.36. The Morgan fingerprint density at radius 2 is 1.65 bits per heavy atom. The van der Waals surface area contributed by atoms with Crippen LogP contribution in [0.4, 0.5) is 13.2 Å². The van der Waals surface area contributed by atoms with Crippen molar-refractivity contribution in [3.05, 3.63) is 66.1 Å². The van der Waals surface area contributed by atoms with Crippen molar-refractivity contribution in [3.63, 3.8) is 0 Å². The van der Waals surface area contributed by atoms with E-state index in [9.17, 15) is 21.6 Å². The van der Waals surface area contributed by atoms with E-state index in [2.05, 4.69) is 4.98 Å². The molecule has 0 bridgehead atoms. The molecule has 0 aliphatic carbocycles. The van der Waals surface area contributed by atoms with Crippen molar-refractivity contribution in [2.75, 3.05) is 0 Å². The Balaban J connectivity index is 2.10. The average Bonchev–Trinajstić information content (AvgIpc) is 2.52. The third-order valence-electron chi connectivity index (χ3n) is 3.06. The summed E-state index contributed by atoms with van der Waals surface area (Å²) in [6, 6.07) is 8.97. The van der Waals surface area contributed by atoms with Gasteiger partial charge in [-0.2, -0.15) is 8.42 Å². The SMILES string of the molecule is O=S(=O)(Oc1cccc2cccnc12)c1ccc(F)c(F)c1F. The molecule has 118 valence electrons. The minimum absolute atomic E-state index is 0.146. The molecule has 0 saturated heterocycles. The molecule has 0 saturated carbocycles. The summed E-state index contributed by atoms with van der Waals surface area (Å²) in [5, 5.41) is 0.603. The molecular weight excluding hydrogens is 331 g/mol. The van der Waals surface area contributed by atoms with Crippen LogP contribution in [0.3, 0.4) is 0 Å². The van der Waals surface area contributed by atoms with E-state index >= 15 is 0 Å². The number of benzene rings is 2. The van der Waals surface area contributed by atoms with Gasteiger partial charge < -0.3 is 4.18 Å². The fourth-order valence-corrected chi connectivity index (χ4v) is 3.01. The van der Waals surface area contributed by atoms with Crippen LogP contribution >= 0.6 is 0 Å². The largest absolute Gasteiger partial charge is 0.377 e. The second-order valence-electron chi connectivity index (χ2n) is 4.54. The summed E-state index contributed by atoms with van der Waals surface area (Å²) in [5.41, 5.74) is 0.238. The third kappa shape index (κ3) is 2.72. The van der Waals surface area contributed by atoms with Gasteiger partial charge in [0.2, 0.25) is 0 Å². The van der Waals surface area contributed by atoms with E-state index in [0.717, 1.165) is 0 Å². The van der Waals surface area contributed by atoms with Crippen LogP contribution in [0.1, 0.15) is 0 Å². The zero-order chi connectivity index (χ0) is 16.6. The van der Waals surface area contributed by atoms with Gasteiger partial charge in [-0.1, -0.05) is 18.2 Å². The number of nitrogens with zero attached hydrogens (tertiary/aromatic N) is 1. The van der Waals surface area contributed by atoms with Crippen molar-refractivity contribution in [2.24, 2.45) is 0 Å². The van der Waals surface area contributed by atoms with Crippen molar-refractivity contribution in [3.8, 4) is 5.75 Å². The second kappa shape index (κ2) is 5.54. The van der Waals surface area contributed by atoms with Crippen LogP contribution in [0.2, 0.25) is 0 Å². The zero-order valence-corrected chi connectivity index (χ0v) is 12.1. The lowest BCUT2D eigenvalue weighted by Gasteiger charge is -2.10. The molecule has 1 heterocycles. The van der Waals surface area contributed by atoms with E-state index < -0.39 is 32.5 Å². The van der Waals surface area contributed by atoms with Crippen molar-refractivity contribution >= 4 is 21.0 Å². The predicted molar refractivity (Wildman–Crippen MR) is 75.9 cm³/mol. The van der Waals surface area contributed by atoms with Gasteiger partial charge in [0.25, 0.3) is 0 Å². The molecule has 8 heteroatoms. The van der Waals surface area contributed by atoms with E-state index in [1.807, 2.05) is 0 Å². The fourth-order valence-electron chi connectivity index (χ4n) is 2.01. The van der Waals surface area contributed by atoms with E-state index in [0.29, 0.717) is 17.5 Å². The number of hydrogen-bond acceptors (Lipinski definition) is 4. The zero-order valence-electron chi connectivity index (χ0n) is 11.3. The second-order valence-corrected chi connectivity index (χ2v) is 6.06. The van der Waals surface area contributed by atoms with Crippen LogP contribution in [0.5, 0.6) is 5.75 Å². The first-order valence-electron chi connectivity index (χ1n) is 6.32. The lowest BCUT2D eigenvalue weighted by molar-refractivity contribution is 0.424. The van der Waals surface area contributed by atoms with Crippen molar-refractivity contribution in [1.82, 2.24) is 4.98 Å². The maximum Gasteiger partial charge on any atom is 0.342 e. The highest BCUT2D eigenvalue weighted by Crippen LogP contribution is 2.28. The molecule has 0 spiro atoms. The molecule has 0 aliphatic rings. The van der Waals surface area contributed by atoms with E-state index in [4.69, 9.17) is 4.18 Å². The predicted octanol–water partition coefficient (Wildman–Crippen LogP) is 3.42. The van der Waals surface area contributed by atoms with Crippen LogP contribution in [0, 0.1) is 17.5 Å². The molecule has 0 radical (unpaired) electrons. The van der Waals surface area contributed by atoms with E-state index in [-0.39, 0.29) is 11.3 Å². The monoisotopic (exact) mass is 339 g/mol. The molecule has 1 aromatic heterocycles. The van der Waals surface area contributed by atoms with Crippen molar-refractivity contribution in [2.45, 2.75) is 4.90 Å². The molecule has 3 aromatic rings. The summed E-state index contributed by atoms with van der Waals surface area (Å²) in [4.78, 5) is 2.90. The Kier molecular flexibility index (Phi) is 3.69. The smallest absolute Gasteiger partial charge is 0.342 e. The standard InChI is InChI=1S/C15H8F3NO3S/c16-10-6-7-12(14(18)13(10)17)23(20,21)22-11-5-1-3-9-4-2-8-19-15(9)11/h1-8H. The molecule has 23 heavy (non-hydrogen) atoms. The quantitative estimate of drug-likeness (QED) is 0.542. The van der Waals surface area contributed by atoms with Crippen LogP contribution in [0.25, 0.3) is 10.9 Å². The number of aromatic nitrogens is 1. The summed E-state index contributed by atoms with van der Waals surface area (Å²) < 4.78 is 69.0. The summed E-state index contributed by atoms with van der Waals surface area (Å²) >= 11 is 0. The molecule has 0 aliphatic heterocycles. The van der Waals surface area contributed by atoms with Crippen LogP contribution in [-0.2, 0) is 10.1 Å². The Labute approximate surface area is 129 Å². The summed E-state index contributed by atoms with van der Waals surface area (Å²) in [7, 11) is -4.70. The van der Waals surface area contributed by atoms with Gasteiger partial charge in [0.15, 0.2) is 23.2 Å². The lowest BCUT2D eigenvalue weighted by Crippen LogP contribution is -2.13. The number of para-hydroxylation sites is 1. The number of rotatable bonds is 3. The Hall–Kier alpha value is -2.61. The third-order valence-corrected chi connectivity index (χ3v) is 4.32. The molecule has 4 nitrogen and oxygen atoms in total. The maximum absolute atomic E-state index is 13.7. The van der Waals surface area contributed by atoms with Crippen molar-refractivity contribution < 1.29 is 25.8 Å². The lowest BCUT2D eigenvalue weighted by atomic mass is 10.2. The van der Waals surface area contributed by atoms with Crippen LogP contribution in [-0.4, -0.2) is 13.4 Å². The molecule has 0 amide bonds. The highest BCUT2D eigenvalue weighted by molar-refractivity contribution is 7.87. The van der Waals surface area contributed by atoms with Gasteiger partial charge in [0, 0.05) is 11.6 Å². The van der Waals surface area contributed by atoms with E-state index in [1.54, 1.807) is 18.2 Å². The van der Waals surface area contributed by atoms with Gasteiger partial charge in [-0.15, -0.1) is 0 Å². The molecule has 0 atom stereocenters. The first-order valence-corrected chi connectivity index (χ1v) is 7.73. The van der Waals surface area contributed by atoms with Gasteiger partial charge >= 0.3 is 10.1 Å². The molecule has 0 unspecified atom stereocenters. The molecule has 0 N–H and O–H groups in total. The molecule has 0 fully saturated rings. The highest BCUT2D eigenvalue weighted by atomic mass is 32.2. The molecule has 3 rings (SSSR count). The van der Waals surface area contributed by atoms with E-state index in [1.165, 1.54) is 18.3 Å². The van der Waals surface area contributed by atoms with Gasteiger partial charge in [-0.25, -0.2) is 13.2 Å². The Bertz CT molecular complexity index is 1000. The van der Waals surface area contributed by atoms with Crippen molar-refractivity contribution in [1.29, 1.82) is 0 Å². The van der Waals surface area contributed by atoms with Gasteiger partial charge in [-0.3, -0.25) is 4.98 Å². The summed E-state index contributed by atoms with van der Waals surface area (Å²) in [6.07, 6.45) is 1.43. The summed E-state index contributed by atoms with van der Waals surface area (Å²) in [6.45, 7) is 0.